The second-order valence-corrected chi connectivity index (χ2v) is 4.06. The van der Waals surface area contributed by atoms with Crippen molar-refractivity contribution in [1.29, 1.82) is 0 Å². The molecule has 0 saturated carbocycles. The molecule has 0 atom stereocenters. The second kappa shape index (κ2) is 2.95. The van der Waals surface area contributed by atoms with Crippen molar-refractivity contribution in [1.82, 2.24) is 0 Å². The zero-order valence-corrected chi connectivity index (χ0v) is 8.28. The number of nitro benzene ring substituents is 1. The largest absolute Gasteiger partial charge is 0.486 e. The zero-order chi connectivity index (χ0) is 10.4. The fourth-order valence-corrected chi connectivity index (χ4v) is 2.56. The van der Waals surface area contributed by atoms with Gasteiger partial charge in [0.15, 0.2) is 0 Å². The first-order chi connectivity index (χ1) is 7.27. The lowest BCUT2D eigenvalue weighted by Gasteiger charge is -2.06. The van der Waals surface area contributed by atoms with Crippen LogP contribution < -0.4 is 4.74 Å². The van der Waals surface area contributed by atoms with Crippen LogP contribution in [0, 0.1) is 10.1 Å². The number of fused-ring (bicyclic) bond motifs is 2. The molecule has 0 N–H and O–H groups in total. The van der Waals surface area contributed by atoms with Crippen LogP contribution in [0.2, 0.25) is 0 Å². The quantitative estimate of drug-likeness (QED) is 0.520. The van der Waals surface area contributed by atoms with E-state index < -0.39 is 0 Å². The van der Waals surface area contributed by atoms with Crippen LogP contribution in [-0.2, 0) is 19.3 Å². The molecule has 15 heavy (non-hydrogen) atoms. The van der Waals surface area contributed by atoms with Crippen molar-refractivity contribution in [3.8, 4) is 5.75 Å². The molecular weight excluding hydrogens is 194 g/mol. The van der Waals surface area contributed by atoms with Gasteiger partial charge in [-0.05, 0) is 24.8 Å². The number of aryl methyl sites for hydroxylation is 1. The Hall–Kier alpha value is -1.58. The Balaban J connectivity index is 2.29. The van der Waals surface area contributed by atoms with Crippen molar-refractivity contribution in [2.75, 3.05) is 6.61 Å². The van der Waals surface area contributed by atoms with Crippen molar-refractivity contribution < 1.29 is 9.66 Å². The minimum atomic E-state index is -0.283. The number of hydrogen-bond donors (Lipinski definition) is 0. The van der Waals surface area contributed by atoms with Crippen LogP contribution in [0.1, 0.15) is 23.1 Å². The summed E-state index contributed by atoms with van der Waals surface area (Å²) in [5.74, 6) is 0.528. The van der Waals surface area contributed by atoms with E-state index in [1.807, 2.05) is 0 Å². The summed E-state index contributed by atoms with van der Waals surface area (Å²) in [5.41, 5.74) is 3.31. The predicted molar refractivity (Wildman–Crippen MR) is 54.3 cm³/mol. The summed E-state index contributed by atoms with van der Waals surface area (Å²) in [6.07, 6.45) is 3.63. The summed E-state index contributed by atoms with van der Waals surface area (Å²) < 4.78 is 5.37. The average Bonchev–Trinajstić information content (AvgIpc) is 2.79. The highest BCUT2D eigenvalue weighted by Gasteiger charge is 2.32. The van der Waals surface area contributed by atoms with Gasteiger partial charge >= 0.3 is 5.69 Å². The molecule has 3 rings (SSSR count). The molecule has 78 valence electrons. The van der Waals surface area contributed by atoms with Crippen molar-refractivity contribution in [2.24, 2.45) is 0 Å². The summed E-state index contributed by atoms with van der Waals surface area (Å²) in [4.78, 5) is 10.8. The van der Waals surface area contributed by atoms with E-state index in [0.29, 0.717) is 12.4 Å². The molecule has 1 aromatic carbocycles. The van der Waals surface area contributed by atoms with Crippen molar-refractivity contribution >= 4 is 5.69 Å². The van der Waals surface area contributed by atoms with E-state index in [9.17, 15) is 10.1 Å². The maximum absolute atomic E-state index is 11.0. The average molecular weight is 205 g/mol. The number of rotatable bonds is 1. The van der Waals surface area contributed by atoms with Crippen LogP contribution in [0.15, 0.2) is 6.07 Å². The molecule has 0 unspecified atom stereocenters. The molecule has 0 amide bonds. The van der Waals surface area contributed by atoms with E-state index in [1.165, 1.54) is 0 Å². The van der Waals surface area contributed by atoms with Crippen LogP contribution in [-0.4, -0.2) is 11.5 Å². The molecule has 0 spiro atoms. The molecule has 0 radical (unpaired) electrons. The van der Waals surface area contributed by atoms with Gasteiger partial charge < -0.3 is 4.74 Å². The highest BCUT2D eigenvalue weighted by Crippen LogP contribution is 2.43. The predicted octanol–water partition coefficient (Wildman–Crippen LogP) is 2.02. The van der Waals surface area contributed by atoms with Gasteiger partial charge in [-0.1, -0.05) is 6.07 Å². The third-order valence-corrected chi connectivity index (χ3v) is 3.20. The molecule has 0 fully saturated rings. The molecule has 4 heteroatoms. The Bertz CT molecular complexity index is 421. The number of benzene rings is 1. The molecule has 2 aliphatic rings. The van der Waals surface area contributed by atoms with Gasteiger partial charge in [0.1, 0.15) is 0 Å². The third kappa shape index (κ3) is 1.14. The van der Waals surface area contributed by atoms with E-state index in [2.05, 4.69) is 6.07 Å². The number of nitro groups is 1. The lowest BCUT2D eigenvalue weighted by atomic mass is 10.0. The van der Waals surface area contributed by atoms with Crippen molar-refractivity contribution in [3.63, 3.8) is 0 Å². The van der Waals surface area contributed by atoms with Crippen LogP contribution >= 0.6 is 0 Å². The van der Waals surface area contributed by atoms with Crippen molar-refractivity contribution in [3.05, 3.63) is 32.9 Å². The van der Waals surface area contributed by atoms with Gasteiger partial charge in [0.2, 0.25) is 5.75 Å². The summed E-state index contributed by atoms with van der Waals surface area (Å²) in [6.45, 7) is 0.582. The summed E-state index contributed by atoms with van der Waals surface area (Å²) in [7, 11) is 0. The van der Waals surface area contributed by atoms with Gasteiger partial charge in [0.05, 0.1) is 11.5 Å². The third-order valence-electron chi connectivity index (χ3n) is 3.20. The zero-order valence-electron chi connectivity index (χ0n) is 8.28. The lowest BCUT2D eigenvalue weighted by Crippen LogP contribution is -1.98. The minimum absolute atomic E-state index is 0.234. The van der Waals surface area contributed by atoms with Crippen LogP contribution in [0.3, 0.4) is 0 Å². The van der Waals surface area contributed by atoms with Crippen LogP contribution in [0.25, 0.3) is 0 Å². The molecule has 1 aliphatic carbocycles. The highest BCUT2D eigenvalue weighted by molar-refractivity contribution is 5.62. The minimum Gasteiger partial charge on any atom is -0.486 e. The van der Waals surface area contributed by atoms with Gasteiger partial charge in [-0.15, -0.1) is 0 Å². The summed E-state index contributed by atoms with van der Waals surface area (Å²) in [6, 6.07) is 2.09. The molecular formula is C11H11NO3. The van der Waals surface area contributed by atoms with E-state index in [1.54, 1.807) is 0 Å². The maximum atomic E-state index is 11.0. The molecule has 1 aromatic rings. The van der Waals surface area contributed by atoms with E-state index >= 15 is 0 Å². The van der Waals surface area contributed by atoms with E-state index in [4.69, 9.17) is 4.74 Å². The molecule has 0 saturated heterocycles. The second-order valence-electron chi connectivity index (χ2n) is 4.06. The highest BCUT2D eigenvalue weighted by atomic mass is 16.6. The molecule has 0 bridgehead atoms. The first-order valence-electron chi connectivity index (χ1n) is 5.22. The topological polar surface area (TPSA) is 52.4 Å². The van der Waals surface area contributed by atoms with E-state index in [0.717, 1.165) is 42.4 Å². The van der Waals surface area contributed by atoms with Crippen molar-refractivity contribution in [2.45, 2.75) is 25.7 Å². The smallest absolute Gasteiger partial charge is 0.314 e. The van der Waals surface area contributed by atoms with Crippen LogP contribution in [0.5, 0.6) is 5.75 Å². The molecule has 1 aliphatic heterocycles. The molecule has 1 heterocycles. The molecule has 4 nitrogen and oxygen atoms in total. The van der Waals surface area contributed by atoms with Gasteiger partial charge in [-0.25, -0.2) is 0 Å². The van der Waals surface area contributed by atoms with Gasteiger partial charge in [0, 0.05) is 17.5 Å². The lowest BCUT2D eigenvalue weighted by molar-refractivity contribution is -0.386. The first kappa shape index (κ1) is 8.71. The van der Waals surface area contributed by atoms with Gasteiger partial charge in [0.25, 0.3) is 0 Å². The number of hydrogen-bond acceptors (Lipinski definition) is 3. The Labute approximate surface area is 87.0 Å². The van der Waals surface area contributed by atoms with Gasteiger partial charge in [-0.2, -0.15) is 0 Å². The summed E-state index contributed by atoms with van der Waals surface area (Å²) in [5, 5.41) is 11.0. The monoisotopic (exact) mass is 205 g/mol. The van der Waals surface area contributed by atoms with Gasteiger partial charge in [-0.3, -0.25) is 10.1 Å². The number of ether oxygens (including phenoxy) is 1. The SMILES string of the molecule is O=[N+]([O-])c1c2c(cc3c1OCC3)CCC2. The Morgan fingerprint density at radius 1 is 1.27 bits per heavy atom. The summed E-state index contributed by atoms with van der Waals surface area (Å²) >= 11 is 0. The molecule has 0 aromatic heterocycles. The Morgan fingerprint density at radius 3 is 2.93 bits per heavy atom. The standard InChI is InChI=1S/C11H11NO3/c13-12(14)10-9-3-1-2-7(9)6-8-4-5-15-11(8)10/h6H,1-5H2. The Morgan fingerprint density at radius 2 is 2.13 bits per heavy atom. The maximum Gasteiger partial charge on any atom is 0.314 e. The van der Waals surface area contributed by atoms with Crippen LogP contribution in [0.4, 0.5) is 5.69 Å². The fraction of sp³-hybridized carbons (Fsp3) is 0.455. The fourth-order valence-electron chi connectivity index (χ4n) is 2.56. The normalized spacial score (nSPS) is 17.1. The van der Waals surface area contributed by atoms with E-state index in [-0.39, 0.29) is 10.6 Å². The number of nitrogens with zero attached hydrogens (tertiary/aromatic N) is 1. The first-order valence-corrected chi connectivity index (χ1v) is 5.22. The Kier molecular flexibility index (Phi) is 1.71.